The van der Waals surface area contributed by atoms with Gasteiger partial charge in [-0.2, -0.15) is 0 Å². The van der Waals surface area contributed by atoms with Crippen molar-refractivity contribution in [3.05, 3.63) is 70.1 Å². The molecule has 1 N–H and O–H groups in total. The minimum atomic E-state index is 0.114. The number of thiazole rings is 1. The summed E-state index contributed by atoms with van der Waals surface area (Å²) in [7, 11) is 0. The number of hydrogen-bond acceptors (Lipinski definition) is 5. The van der Waals surface area contributed by atoms with Gasteiger partial charge >= 0.3 is 0 Å². The van der Waals surface area contributed by atoms with E-state index in [0.29, 0.717) is 0 Å². The standard InChI is InChI=1S/C23H25ClN4OS/c1-2-27(23-26-21(16-30-23)18-7-9-20(24)10-8-18)15-17-3-5-19(6-4-17)22(29)28-13-11-25-12-14-28/h3-10,16,25H,2,11-15H2,1H3. The Kier molecular flexibility index (Phi) is 6.67. The summed E-state index contributed by atoms with van der Waals surface area (Å²) in [4.78, 5) is 21.6. The van der Waals surface area contributed by atoms with Crippen LogP contribution in [0.25, 0.3) is 11.3 Å². The average Bonchev–Trinajstić information content (AvgIpc) is 3.28. The number of halogens is 1. The Morgan fingerprint density at radius 1 is 1.13 bits per heavy atom. The maximum absolute atomic E-state index is 12.6. The van der Waals surface area contributed by atoms with E-state index >= 15 is 0 Å². The van der Waals surface area contributed by atoms with E-state index in [1.54, 1.807) is 11.3 Å². The van der Waals surface area contributed by atoms with Crippen LogP contribution >= 0.6 is 22.9 Å². The molecule has 1 saturated heterocycles. The van der Waals surface area contributed by atoms with Gasteiger partial charge in [0.1, 0.15) is 0 Å². The predicted molar refractivity (Wildman–Crippen MR) is 124 cm³/mol. The van der Waals surface area contributed by atoms with Crippen LogP contribution in [0.15, 0.2) is 53.9 Å². The Bertz CT molecular complexity index is 981. The molecule has 30 heavy (non-hydrogen) atoms. The Labute approximate surface area is 186 Å². The smallest absolute Gasteiger partial charge is 0.253 e. The van der Waals surface area contributed by atoms with Crippen LogP contribution in [0, 0.1) is 0 Å². The lowest BCUT2D eigenvalue weighted by Gasteiger charge is -2.27. The fraction of sp³-hybridized carbons (Fsp3) is 0.304. The van der Waals surface area contributed by atoms with Gasteiger partial charge in [-0.3, -0.25) is 4.79 Å². The third-order valence-electron chi connectivity index (χ3n) is 5.26. The number of piperazine rings is 1. The van der Waals surface area contributed by atoms with E-state index in [4.69, 9.17) is 16.6 Å². The van der Waals surface area contributed by atoms with Gasteiger partial charge < -0.3 is 15.1 Å². The van der Waals surface area contributed by atoms with E-state index in [1.165, 1.54) is 0 Å². The molecule has 7 heteroatoms. The van der Waals surface area contributed by atoms with Gasteiger partial charge in [0.25, 0.3) is 5.91 Å². The monoisotopic (exact) mass is 440 g/mol. The van der Waals surface area contributed by atoms with Crippen LogP contribution in [0.2, 0.25) is 5.02 Å². The molecule has 0 saturated carbocycles. The molecular weight excluding hydrogens is 416 g/mol. The van der Waals surface area contributed by atoms with Gasteiger partial charge in [-0.25, -0.2) is 4.98 Å². The van der Waals surface area contributed by atoms with Crippen molar-refractivity contribution in [2.24, 2.45) is 0 Å². The molecule has 2 aromatic carbocycles. The van der Waals surface area contributed by atoms with Gasteiger partial charge in [0, 0.05) is 60.8 Å². The minimum Gasteiger partial charge on any atom is -0.344 e. The zero-order chi connectivity index (χ0) is 20.9. The second-order valence-corrected chi connectivity index (χ2v) is 8.55. The quantitative estimate of drug-likeness (QED) is 0.611. The summed E-state index contributed by atoms with van der Waals surface area (Å²) in [6, 6.07) is 15.7. The SMILES string of the molecule is CCN(Cc1ccc(C(=O)N2CCNCC2)cc1)c1nc(-c2ccc(Cl)cc2)cs1. The van der Waals surface area contributed by atoms with E-state index in [1.807, 2.05) is 53.4 Å². The molecule has 1 aromatic heterocycles. The molecule has 0 spiro atoms. The molecule has 156 valence electrons. The van der Waals surface area contributed by atoms with Crippen LogP contribution in [-0.2, 0) is 6.54 Å². The Balaban J connectivity index is 1.43. The van der Waals surface area contributed by atoms with Gasteiger partial charge in [0.2, 0.25) is 0 Å². The molecule has 1 aliphatic heterocycles. The first kappa shape index (κ1) is 20.8. The summed E-state index contributed by atoms with van der Waals surface area (Å²) in [6.45, 7) is 7.00. The first-order valence-electron chi connectivity index (χ1n) is 10.2. The van der Waals surface area contributed by atoms with Crippen LogP contribution in [-0.4, -0.2) is 48.5 Å². The second-order valence-electron chi connectivity index (χ2n) is 7.28. The van der Waals surface area contributed by atoms with Crippen molar-refractivity contribution in [1.82, 2.24) is 15.2 Å². The van der Waals surface area contributed by atoms with Crippen molar-refractivity contribution in [3.63, 3.8) is 0 Å². The van der Waals surface area contributed by atoms with Crippen molar-refractivity contribution in [2.75, 3.05) is 37.6 Å². The number of nitrogens with one attached hydrogen (secondary N) is 1. The molecular formula is C23H25ClN4OS. The normalized spacial score (nSPS) is 14.0. The largest absolute Gasteiger partial charge is 0.344 e. The number of rotatable bonds is 6. The summed E-state index contributed by atoms with van der Waals surface area (Å²) < 4.78 is 0. The first-order chi connectivity index (χ1) is 14.6. The van der Waals surface area contributed by atoms with E-state index in [-0.39, 0.29) is 5.91 Å². The third kappa shape index (κ3) is 4.83. The second kappa shape index (κ2) is 9.60. The molecule has 0 radical (unpaired) electrons. The Morgan fingerprint density at radius 2 is 1.83 bits per heavy atom. The maximum atomic E-state index is 12.6. The summed E-state index contributed by atoms with van der Waals surface area (Å²) in [5, 5.41) is 7.07. The molecule has 5 nitrogen and oxygen atoms in total. The molecule has 3 aromatic rings. The molecule has 0 atom stereocenters. The van der Waals surface area contributed by atoms with Gasteiger partial charge in [0.15, 0.2) is 5.13 Å². The summed E-state index contributed by atoms with van der Waals surface area (Å²) in [5.74, 6) is 0.114. The number of benzene rings is 2. The summed E-state index contributed by atoms with van der Waals surface area (Å²) in [5.41, 5.74) is 3.94. The minimum absolute atomic E-state index is 0.114. The maximum Gasteiger partial charge on any atom is 0.253 e. The number of nitrogens with zero attached hydrogens (tertiary/aromatic N) is 3. The van der Waals surface area contributed by atoms with Crippen molar-refractivity contribution in [2.45, 2.75) is 13.5 Å². The number of amides is 1. The molecule has 4 rings (SSSR count). The Morgan fingerprint density at radius 3 is 2.50 bits per heavy atom. The average molecular weight is 441 g/mol. The van der Waals surface area contributed by atoms with Gasteiger partial charge in [0.05, 0.1) is 5.69 Å². The number of carbonyl (C=O) groups is 1. The third-order valence-corrected chi connectivity index (χ3v) is 6.42. The van der Waals surface area contributed by atoms with Crippen LogP contribution in [0.4, 0.5) is 5.13 Å². The summed E-state index contributed by atoms with van der Waals surface area (Å²) >= 11 is 7.63. The number of anilines is 1. The molecule has 0 bridgehead atoms. The molecule has 1 aliphatic rings. The molecule has 0 unspecified atom stereocenters. The lowest BCUT2D eigenvalue weighted by Crippen LogP contribution is -2.46. The van der Waals surface area contributed by atoms with Crippen LogP contribution < -0.4 is 10.2 Å². The molecule has 1 fully saturated rings. The lowest BCUT2D eigenvalue weighted by atomic mass is 10.1. The van der Waals surface area contributed by atoms with Crippen LogP contribution in [0.5, 0.6) is 0 Å². The number of aromatic nitrogens is 1. The number of hydrogen-bond donors (Lipinski definition) is 1. The predicted octanol–water partition coefficient (Wildman–Crippen LogP) is 4.54. The Hall–Kier alpha value is -2.41. The van der Waals surface area contributed by atoms with Crippen molar-refractivity contribution in [3.8, 4) is 11.3 Å². The highest BCUT2D eigenvalue weighted by atomic mass is 35.5. The van der Waals surface area contributed by atoms with E-state index in [2.05, 4.69) is 22.5 Å². The molecule has 1 amide bonds. The van der Waals surface area contributed by atoms with Crippen molar-refractivity contribution >= 4 is 34.0 Å². The van der Waals surface area contributed by atoms with Crippen molar-refractivity contribution in [1.29, 1.82) is 0 Å². The highest BCUT2D eigenvalue weighted by Crippen LogP contribution is 2.29. The van der Waals surface area contributed by atoms with Gasteiger partial charge in [-0.1, -0.05) is 35.9 Å². The summed E-state index contributed by atoms with van der Waals surface area (Å²) in [6.07, 6.45) is 0. The topological polar surface area (TPSA) is 48.5 Å². The first-order valence-corrected chi connectivity index (χ1v) is 11.4. The zero-order valence-corrected chi connectivity index (χ0v) is 18.5. The van der Waals surface area contributed by atoms with E-state index < -0.39 is 0 Å². The fourth-order valence-electron chi connectivity index (χ4n) is 3.50. The molecule has 2 heterocycles. The zero-order valence-electron chi connectivity index (χ0n) is 17.0. The van der Waals surface area contributed by atoms with E-state index in [0.717, 1.165) is 71.8 Å². The fourth-order valence-corrected chi connectivity index (χ4v) is 4.53. The van der Waals surface area contributed by atoms with Crippen LogP contribution in [0.1, 0.15) is 22.8 Å². The van der Waals surface area contributed by atoms with Gasteiger partial charge in [-0.05, 0) is 36.8 Å². The molecule has 0 aliphatic carbocycles. The highest BCUT2D eigenvalue weighted by Gasteiger charge is 2.18. The lowest BCUT2D eigenvalue weighted by molar-refractivity contribution is 0.0736. The van der Waals surface area contributed by atoms with E-state index in [9.17, 15) is 4.79 Å². The number of carbonyl (C=O) groups excluding carboxylic acids is 1. The highest BCUT2D eigenvalue weighted by molar-refractivity contribution is 7.14. The van der Waals surface area contributed by atoms with Gasteiger partial charge in [-0.15, -0.1) is 11.3 Å². The van der Waals surface area contributed by atoms with Crippen LogP contribution in [0.3, 0.4) is 0 Å². The van der Waals surface area contributed by atoms with Crippen molar-refractivity contribution < 1.29 is 4.79 Å².